The van der Waals surface area contributed by atoms with E-state index in [-0.39, 0.29) is 11.9 Å². The van der Waals surface area contributed by atoms with Gasteiger partial charge in [-0.15, -0.1) is 10.2 Å². The molecule has 1 aliphatic heterocycles. The van der Waals surface area contributed by atoms with Crippen LogP contribution in [0.3, 0.4) is 0 Å². The summed E-state index contributed by atoms with van der Waals surface area (Å²) in [5.41, 5.74) is 1.15. The molecule has 0 radical (unpaired) electrons. The highest BCUT2D eigenvalue weighted by molar-refractivity contribution is 7.13. The van der Waals surface area contributed by atoms with E-state index in [1.165, 1.54) is 11.3 Å². The van der Waals surface area contributed by atoms with Gasteiger partial charge in [-0.2, -0.15) is 0 Å². The van der Waals surface area contributed by atoms with Crippen molar-refractivity contribution in [1.29, 1.82) is 0 Å². The van der Waals surface area contributed by atoms with Crippen LogP contribution >= 0.6 is 11.3 Å². The van der Waals surface area contributed by atoms with Crippen molar-refractivity contribution in [2.75, 3.05) is 19.7 Å². The molecular formula is C16H20N4O2S. The Bertz CT molecular complexity index is 647. The van der Waals surface area contributed by atoms with E-state index in [0.29, 0.717) is 31.3 Å². The molecule has 6 nitrogen and oxygen atoms in total. The zero-order chi connectivity index (χ0) is 16.1. The summed E-state index contributed by atoms with van der Waals surface area (Å²) in [4.78, 5) is 14.3. The lowest BCUT2D eigenvalue weighted by Crippen LogP contribution is -2.30. The van der Waals surface area contributed by atoms with E-state index in [1.54, 1.807) is 0 Å². The van der Waals surface area contributed by atoms with E-state index in [2.05, 4.69) is 32.5 Å². The number of hydrogen-bond donors (Lipinski definition) is 1. The smallest absolute Gasteiger partial charge is 0.294 e. The summed E-state index contributed by atoms with van der Waals surface area (Å²) < 4.78 is 5.39. The van der Waals surface area contributed by atoms with E-state index >= 15 is 0 Å². The van der Waals surface area contributed by atoms with Gasteiger partial charge in [0.15, 0.2) is 0 Å². The molecule has 1 saturated heterocycles. The standard InChI is InChI=1S/C16H20N4O2S/c1-2-22-16-19-18-15(23-16)11-20-9-8-17-14(21)10-13(20)12-6-4-3-5-7-12/h3-7,13H,2,8-11H2,1H3,(H,17,21). The number of rotatable bonds is 5. The van der Waals surface area contributed by atoms with Crippen molar-refractivity contribution in [3.8, 4) is 5.19 Å². The minimum absolute atomic E-state index is 0.0538. The molecule has 2 aromatic rings. The van der Waals surface area contributed by atoms with Crippen LogP contribution in [0.5, 0.6) is 5.19 Å². The average Bonchev–Trinajstić information content (AvgIpc) is 2.91. The highest BCUT2D eigenvalue weighted by Gasteiger charge is 2.27. The van der Waals surface area contributed by atoms with Crippen molar-refractivity contribution in [1.82, 2.24) is 20.4 Å². The van der Waals surface area contributed by atoms with Crippen LogP contribution in [-0.4, -0.2) is 40.7 Å². The number of ether oxygens (including phenoxy) is 1. The Kier molecular flexibility index (Phi) is 5.19. The van der Waals surface area contributed by atoms with Crippen LogP contribution in [0.4, 0.5) is 0 Å². The van der Waals surface area contributed by atoms with Gasteiger partial charge in [-0.25, -0.2) is 0 Å². The van der Waals surface area contributed by atoms with Crippen LogP contribution in [0.15, 0.2) is 30.3 Å². The highest BCUT2D eigenvalue weighted by Crippen LogP contribution is 2.28. The van der Waals surface area contributed by atoms with E-state index in [9.17, 15) is 4.79 Å². The second-order valence-corrected chi connectivity index (χ2v) is 6.37. The Morgan fingerprint density at radius 2 is 2.17 bits per heavy atom. The Morgan fingerprint density at radius 3 is 2.96 bits per heavy atom. The molecule has 0 aliphatic carbocycles. The second-order valence-electron chi connectivity index (χ2n) is 5.35. The number of nitrogens with one attached hydrogen (secondary N) is 1. The van der Waals surface area contributed by atoms with Gasteiger partial charge in [0.25, 0.3) is 5.19 Å². The van der Waals surface area contributed by atoms with Crippen LogP contribution < -0.4 is 10.1 Å². The summed E-state index contributed by atoms with van der Waals surface area (Å²) in [5.74, 6) is 0.0913. The van der Waals surface area contributed by atoms with Crippen molar-refractivity contribution in [2.24, 2.45) is 0 Å². The number of carbonyl (C=O) groups is 1. The second kappa shape index (κ2) is 7.52. The lowest BCUT2D eigenvalue weighted by Gasteiger charge is -2.28. The SMILES string of the molecule is CCOc1nnc(CN2CCNC(=O)CC2c2ccccc2)s1. The third-order valence-electron chi connectivity index (χ3n) is 3.78. The number of benzene rings is 1. The number of amides is 1. The molecule has 122 valence electrons. The van der Waals surface area contributed by atoms with Crippen molar-refractivity contribution in [3.63, 3.8) is 0 Å². The molecule has 2 heterocycles. The fourth-order valence-corrected chi connectivity index (χ4v) is 3.49. The summed E-state index contributed by atoms with van der Waals surface area (Å²) in [6, 6.07) is 10.2. The van der Waals surface area contributed by atoms with Gasteiger partial charge in [0.2, 0.25) is 5.91 Å². The van der Waals surface area contributed by atoms with E-state index in [4.69, 9.17) is 4.74 Å². The van der Waals surface area contributed by atoms with E-state index in [1.807, 2.05) is 25.1 Å². The molecule has 0 spiro atoms. The first-order valence-electron chi connectivity index (χ1n) is 7.77. The van der Waals surface area contributed by atoms with Crippen LogP contribution in [0.25, 0.3) is 0 Å². The van der Waals surface area contributed by atoms with Gasteiger partial charge in [-0.3, -0.25) is 9.69 Å². The number of hydrogen-bond acceptors (Lipinski definition) is 6. The predicted molar refractivity (Wildman–Crippen MR) is 88.3 cm³/mol. The Labute approximate surface area is 139 Å². The lowest BCUT2D eigenvalue weighted by atomic mass is 10.0. The van der Waals surface area contributed by atoms with Gasteiger partial charge in [-0.1, -0.05) is 41.7 Å². The summed E-state index contributed by atoms with van der Waals surface area (Å²) in [5, 5.41) is 12.7. The molecule has 7 heteroatoms. The van der Waals surface area contributed by atoms with Crippen LogP contribution in [0, 0.1) is 0 Å². The van der Waals surface area contributed by atoms with Gasteiger partial charge in [-0.05, 0) is 12.5 Å². The molecule has 1 aromatic carbocycles. The topological polar surface area (TPSA) is 67.4 Å². The van der Waals surface area contributed by atoms with E-state index < -0.39 is 0 Å². The average molecular weight is 332 g/mol. The molecule has 1 atom stereocenters. The molecular weight excluding hydrogens is 312 g/mol. The molecule has 1 fully saturated rings. The molecule has 1 aliphatic rings. The van der Waals surface area contributed by atoms with Crippen molar-refractivity contribution >= 4 is 17.2 Å². The van der Waals surface area contributed by atoms with Crippen LogP contribution in [-0.2, 0) is 11.3 Å². The maximum absolute atomic E-state index is 12.0. The molecule has 0 bridgehead atoms. The van der Waals surface area contributed by atoms with Gasteiger partial charge >= 0.3 is 0 Å². The molecule has 0 saturated carbocycles. The first kappa shape index (κ1) is 15.9. The number of aromatic nitrogens is 2. The molecule has 1 unspecified atom stereocenters. The first-order chi connectivity index (χ1) is 11.3. The largest absolute Gasteiger partial charge is 0.469 e. The van der Waals surface area contributed by atoms with Crippen molar-refractivity contribution < 1.29 is 9.53 Å². The molecule has 1 aromatic heterocycles. The zero-order valence-corrected chi connectivity index (χ0v) is 13.9. The summed E-state index contributed by atoms with van der Waals surface area (Å²) in [6.45, 7) is 4.62. The predicted octanol–water partition coefficient (Wildman–Crippen LogP) is 2.00. The van der Waals surface area contributed by atoms with Crippen LogP contribution in [0.1, 0.15) is 30.0 Å². The van der Waals surface area contributed by atoms with Gasteiger partial charge in [0.05, 0.1) is 13.2 Å². The number of nitrogens with zero attached hydrogens (tertiary/aromatic N) is 3. The van der Waals surface area contributed by atoms with Crippen molar-refractivity contribution in [2.45, 2.75) is 25.9 Å². The maximum Gasteiger partial charge on any atom is 0.294 e. The van der Waals surface area contributed by atoms with Gasteiger partial charge < -0.3 is 10.1 Å². The maximum atomic E-state index is 12.0. The Morgan fingerprint density at radius 1 is 1.35 bits per heavy atom. The Hall–Kier alpha value is -1.99. The zero-order valence-electron chi connectivity index (χ0n) is 13.1. The number of carbonyl (C=O) groups excluding carboxylic acids is 1. The summed E-state index contributed by atoms with van der Waals surface area (Å²) in [7, 11) is 0. The quantitative estimate of drug-likeness (QED) is 0.907. The third-order valence-corrected chi connectivity index (χ3v) is 4.60. The minimum atomic E-state index is 0.0538. The van der Waals surface area contributed by atoms with E-state index in [0.717, 1.165) is 17.1 Å². The fraction of sp³-hybridized carbons (Fsp3) is 0.438. The first-order valence-corrected chi connectivity index (χ1v) is 8.58. The molecule has 1 N–H and O–H groups in total. The molecule has 23 heavy (non-hydrogen) atoms. The van der Waals surface area contributed by atoms with Crippen LogP contribution in [0.2, 0.25) is 0 Å². The molecule has 3 rings (SSSR count). The molecule has 1 amide bonds. The van der Waals surface area contributed by atoms with Gasteiger partial charge in [0, 0.05) is 25.6 Å². The van der Waals surface area contributed by atoms with Crippen molar-refractivity contribution in [3.05, 3.63) is 40.9 Å². The fourth-order valence-electron chi connectivity index (χ4n) is 2.72. The monoisotopic (exact) mass is 332 g/mol. The summed E-state index contributed by atoms with van der Waals surface area (Å²) in [6.07, 6.45) is 0.459. The minimum Gasteiger partial charge on any atom is -0.469 e. The normalized spacial score (nSPS) is 19.2. The summed E-state index contributed by atoms with van der Waals surface area (Å²) >= 11 is 1.46. The Balaban J connectivity index is 1.79. The highest BCUT2D eigenvalue weighted by atomic mass is 32.1. The third kappa shape index (κ3) is 4.05. The van der Waals surface area contributed by atoms with Gasteiger partial charge in [0.1, 0.15) is 5.01 Å². The lowest BCUT2D eigenvalue weighted by molar-refractivity contribution is -0.121.